The highest BCUT2D eigenvalue weighted by Crippen LogP contribution is 2.28. The number of hydrogen-bond acceptors (Lipinski definition) is 3. The Hall–Kier alpha value is -0.910. The average Bonchev–Trinajstić information content (AvgIpc) is 2.41. The van der Waals surface area contributed by atoms with Crippen LogP contribution in [0.15, 0.2) is 29.2 Å². The molecule has 2 N–H and O–H groups in total. The van der Waals surface area contributed by atoms with Gasteiger partial charge in [-0.05, 0) is 29.9 Å². The highest BCUT2D eigenvalue weighted by atomic mass is 32.2. The molecule has 0 bridgehead atoms. The molecule has 2 unspecified atom stereocenters. The smallest absolute Gasteiger partial charge is 0.243 e. The van der Waals surface area contributed by atoms with E-state index in [9.17, 15) is 8.42 Å². The Balaban J connectivity index is 2.32. The van der Waals surface area contributed by atoms with Gasteiger partial charge in [0.15, 0.2) is 0 Å². The maximum atomic E-state index is 12.7. The Kier molecular flexibility index (Phi) is 4.28. The number of sulfonamides is 1. The summed E-state index contributed by atoms with van der Waals surface area (Å²) in [6, 6.07) is 7.01. The van der Waals surface area contributed by atoms with Gasteiger partial charge < -0.3 is 5.73 Å². The molecule has 1 saturated heterocycles. The molecule has 1 aromatic rings. The minimum Gasteiger partial charge on any atom is -0.326 e. The van der Waals surface area contributed by atoms with Crippen molar-refractivity contribution >= 4 is 10.0 Å². The standard InChI is InChI=1S/C14H22N2O2S/c1-11-7-8-16(10-12(11)2)19(17,18)14-6-4-3-5-13(14)9-15/h3-6,11-12H,7-10,15H2,1-2H3. The molecule has 4 nitrogen and oxygen atoms in total. The number of benzene rings is 1. The quantitative estimate of drug-likeness (QED) is 0.919. The SMILES string of the molecule is CC1CCN(S(=O)(=O)c2ccccc2CN)CC1C. The van der Waals surface area contributed by atoms with Crippen LogP contribution < -0.4 is 5.73 Å². The average molecular weight is 282 g/mol. The van der Waals surface area contributed by atoms with Gasteiger partial charge in [0, 0.05) is 19.6 Å². The van der Waals surface area contributed by atoms with Gasteiger partial charge in [0.25, 0.3) is 0 Å². The van der Waals surface area contributed by atoms with E-state index in [1.807, 2.05) is 6.07 Å². The first-order valence-electron chi connectivity index (χ1n) is 6.75. The molecule has 0 aliphatic carbocycles. The Labute approximate surface area is 115 Å². The fourth-order valence-electron chi connectivity index (χ4n) is 2.51. The zero-order valence-corrected chi connectivity index (χ0v) is 12.4. The van der Waals surface area contributed by atoms with Gasteiger partial charge in [-0.15, -0.1) is 0 Å². The number of piperidine rings is 1. The molecule has 0 amide bonds. The van der Waals surface area contributed by atoms with Crippen LogP contribution in [0, 0.1) is 11.8 Å². The van der Waals surface area contributed by atoms with Crippen molar-refractivity contribution in [2.24, 2.45) is 17.6 Å². The predicted molar refractivity (Wildman–Crippen MR) is 76.0 cm³/mol. The fraction of sp³-hybridized carbons (Fsp3) is 0.571. The van der Waals surface area contributed by atoms with Crippen LogP contribution in [0.1, 0.15) is 25.8 Å². The number of rotatable bonds is 3. The van der Waals surface area contributed by atoms with Crippen molar-refractivity contribution in [3.8, 4) is 0 Å². The van der Waals surface area contributed by atoms with Gasteiger partial charge in [-0.1, -0.05) is 32.0 Å². The minimum absolute atomic E-state index is 0.245. The Morgan fingerprint density at radius 3 is 2.58 bits per heavy atom. The van der Waals surface area contributed by atoms with Crippen molar-refractivity contribution in [2.45, 2.75) is 31.7 Å². The number of hydrogen-bond donors (Lipinski definition) is 1. The second kappa shape index (κ2) is 5.61. The van der Waals surface area contributed by atoms with Crippen molar-refractivity contribution in [3.05, 3.63) is 29.8 Å². The molecule has 1 fully saturated rings. The molecule has 1 heterocycles. The van der Waals surface area contributed by atoms with E-state index in [0.717, 1.165) is 6.42 Å². The highest BCUT2D eigenvalue weighted by Gasteiger charge is 2.32. The lowest BCUT2D eigenvalue weighted by Gasteiger charge is -2.34. The first-order chi connectivity index (χ1) is 8.96. The lowest BCUT2D eigenvalue weighted by Crippen LogP contribution is -2.42. The monoisotopic (exact) mass is 282 g/mol. The first-order valence-corrected chi connectivity index (χ1v) is 8.19. The Bertz CT molecular complexity index is 542. The molecule has 0 radical (unpaired) electrons. The van der Waals surface area contributed by atoms with Crippen LogP contribution in [0.2, 0.25) is 0 Å². The lowest BCUT2D eigenvalue weighted by molar-refractivity contribution is 0.212. The summed E-state index contributed by atoms with van der Waals surface area (Å²) in [5, 5.41) is 0. The molecule has 0 saturated carbocycles. The molecule has 1 aliphatic rings. The van der Waals surface area contributed by atoms with Gasteiger partial charge in [-0.2, -0.15) is 4.31 Å². The first kappa shape index (κ1) is 14.5. The topological polar surface area (TPSA) is 63.4 Å². The van der Waals surface area contributed by atoms with Crippen molar-refractivity contribution in [1.82, 2.24) is 4.31 Å². The van der Waals surface area contributed by atoms with Crippen LogP contribution in [0.5, 0.6) is 0 Å². The number of nitrogens with zero attached hydrogens (tertiary/aromatic N) is 1. The molecule has 0 aromatic heterocycles. The van der Waals surface area contributed by atoms with E-state index in [-0.39, 0.29) is 6.54 Å². The highest BCUT2D eigenvalue weighted by molar-refractivity contribution is 7.89. The lowest BCUT2D eigenvalue weighted by atomic mass is 9.90. The molecule has 5 heteroatoms. The summed E-state index contributed by atoms with van der Waals surface area (Å²) in [6.07, 6.45) is 0.922. The maximum absolute atomic E-state index is 12.7. The van der Waals surface area contributed by atoms with E-state index in [0.29, 0.717) is 35.4 Å². The minimum atomic E-state index is -3.41. The van der Waals surface area contributed by atoms with Crippen LogP contribution in [0.3, 0.4) is 0 Å². The van der Waals surface area contributed by atoms with Crippen LogP contribution in [0.25, 0.3) is 0 Å². The van der Waals surface area contributed by atoms with Crippen molar-refractivity contribution < 1.29 is 8.42 Å². The van der Waals surface area contributed by atoms with Crippen molar-refractivity contribution in [1.29, 1.82) is 0 Å². The molecule has 2 atom stereocenters. The second-order valence-corrected chi connectivity index (χ2v) is 7.32. The van der Waals surface area contributed by atoms with Gasteiger partial charge in [-0.3, -0.25) is 0 Å². The van der Waals surface area contributed by atoms with Crippen molar-refractivity contribution in [3.63, 3.8) is 0 Å². The summed E-state index contributed by atoms with van der Waals surface area (Å²) in [4.78, 5) is 0.360. The molecular formula is C14H22N2O2S. The van der Waals surface area contributed by atoms with Gasteiger partial charge >= 0.3 is 0 Å². The molecular weight excluding hydrogens is 260 g/mol. The summed E-state index contributed by atoms with van der Waals surface area (Å²) < 4.78 is 27.0. The molecule has 2 rings (SSSR count). The second-order valence-electron chi connectivity index (χ2n) is 5.42. The molecule has 106 valence electrons. The third kappa shape index (κ3) is 2.83. The molecule has 1 aliphatic heterocycles. The zero-order chi connectivity index (χ0) is 14.0. The van der Waals surface area contributed by atoms with Gasteiger partial charge in [0.05, 0.1) is 4.90 Å². The summed E-state index contributed by atoms with van der Waals surface area (Å²) >= 11 is 0. The van der Waals surface area contributed by atoms with Crippen molar-refractivity contribution in [2.75, 3.05) is 13.1 Å². The third-order valence-electron chi connectivity index (χ3n) is 4.11. The van der Waals surface area contributed by atoms with E-state index in [1.165, 1.54) is 0 Å². The largest absolute Gasteiger partial charge is 0.326 e. The summed E-state index contributed by atoms with van der Waals surface area (Å²) in [5.41, 5.74) is 6.33. The van der Waals surface area contributed by atoms with Crippen LogP contribution in [-0.2, 0) is 16.6 Å². The van der Waals surface area contributed by atoms with Gasteiger partial charge in [0.2, 0.25) is 10.0 Å². The Morgan fingerprint density at radius 2 is 1.95 bits per heavy atom. The van der Waals surface area contributed by atoms with E-state index < -0.39 is 10.0 Å². The van der Waals surface area contributed by atoms with Gasteiger partial charge in [0.1, 0.15) is 0 Å². The fourth-order valence-corrected chi connectivity index (χ4v) is 4.29. The summed E-state index contributed by atoms with van der Waals surface area (Å²) in [5.74, 6) is 0.977. The third-order valence-corrected chi connectivity index (χ3v) is 6.07. The summed E-state index contributed by atoms with van der Waals surface area (Å²) in [6.45, 7) is 5.74. The van der Waals surface area contributed by atoms with E-state index in [4.69, 9.17) is 5.73 Å². The van der Waals surface area contributed by atoms with Gasteiger partial charge in [-0.25, -0.2) is 8.42 Å². The molecule has 19 heavy (non-hydrogen) atoms. The normalized spacial score (nSPS) is 25.4. The van der Waals surface area contributed by atoms with E-state index in [2.05, 4.69) is 13.8 Å². The Morgan fingerprint density at radius 1 is 1.26 bits per heavy atom. The van der Waals surface area contributed by atoms with E-state index in [1.54, 1.807) is 22.5 Å². The predicted octanol–water partition coefficient (Wildman–Crippen LogP) is 1.81. The van der Waals surface area contributed by atoms with Crippen LogP contribution >= 0.6 is 0 Å². The van der Waals surface area contributed by atoms with Crippen LogP contribution in [-0.4, -0.2) is 25.8 Å². The molecule has 0 spiro atoms. The number of nitrogens with two attached hydrogens (primary N) is 1. The van der Waals surface area contributed by atoms with Crippen LogP contribution in [0.4, 0.5) is 0 Å². The maximum Gasteiger partial charge on any atom is 0.243 e. The zero-order valence-electron chi connectivity index (χ0n) is 11.5. The summed E-state index contributed by atoms with van der Waals surface area (Å²) in [7, 11) is -3.41. The van der Waals surface area contributed by atoms with E-state index >= 15 is 0 Å². The molecule has 1 aromatic carbocycles.